The Balaban J connectivity index is 1.57. The van der Waals surface area contributed by atoms with E-state index in [4.69, 9.17) is 4.74 Å². The van der Waals surface area contributed by atoms with Crippen LogP contribution in [0.25, 0.3) is 5.69 Å². The van der Waals surface area contributed by atoms with Crippen LogP contribution >= 0.6 is 0 Å². The Hall–Kier alpha value is -2.60. The number of imidazole rings is 1. The third-order valence-electron chi connectivity index (χ3n) is 5.35. The Morgan fingerprint density at radius 1 is 1.27 bits per heavy atom. The molecule has 0 saturated carbocycles. The van der Waals surface area contributed by atoms with Gasteiger partial charge in [0.15, 0.2) is 0 Å². The van der Waals surface area contributed by atoms with Gasteiger partial charge in [-0.2, -0.15) is 5.10 Å². The lowest BCUT2D eigenvalue weighted by molar-refractivity contribution is 0.167. The van der Waals surface area contributed by atoms with Gasteiger partial charge in [0.1, 0.15) is 5.75 Å². The third-order valence-corrected chi connectivity index (χ3v) is 5.35. The molecule has 0 aliphatic carbocycles. The van der Waals surface area contributed by atoms with E-state index in [2.05, 4.69) is 33.8 Å². The molecule has 1 aliphatic rings. The van der Waals surface area contributed by atoms with Crippen LogP contribution in [0.5, 0.6) is 5.75 Å². The molecule has 136 valence electrons. The van der Waals surface area contributed by atoms with Crippen LogP contribution in [0, 0.1) is 6.92 Å². The molecule has 3 heterocycles. The summed E-state index contributed by atoms with van der Waals surface area (Å²) in [5.74, 6) is 0.854. The first-order chi connectivity index (χ1) is 12.7. The largest absolute Gasteiger partial charge is 0.497 e. The summed E-state index contributed by atoms with van der Waals surface area (Å²) in [5, 5.41) is 4.62. The van der Waals surface area contributed by atoms with Crippen LogP contribution in [0.15, 0.2) is 36.8 Å². The van der Waals surface area contributed by atoms with Gasteiger partial charge in [-0.3, -0.25) is 4.90 Å². The molecule has 6 heteroatoms. The molecular formula is C20H25N5O. The topological polar surface area (TPSA) is 59.0 Å². The van der Waals surface area contributed by atoms with E-state index in [0.29, 0.717) is 6.04 Å². The molecule has 4 rings (SSSR count). The molecule has 1 N–H and O–H groups in total. The van der Waals surface area contributed by atoms with E-state index in [0.717, 1.165) is 37.4 Å². The zero-order valence-corrected chi connectivity index (χ0v) is 15.6. The van der Waals surface area contributed by atoms with E-state index >= 15 is 0 Å². The van der Waals surface area contributed by atoms with Crippen molar-refractivity contribution in [1.29, 1.82) is 0 Å². The summed E-state index contributed by atoms with van der Waals surface area (Å²) in [6.45, 7) is 6.31. The van der Waals surface area contributed by atoms with Gasteiger partial charge in [0.2, 0.25) is 0 Å². The fraction of sp³-hybridized carbons (Fsp3) is 0.400. The molecular weight excluding hydrogens is 326 g/mol. The smallest absolute Gasteiger partial charge is 0.119 e. The monoisotopic (exact) mass is 351 g/mol. The van der Waals surface area contributed by atoms with Crippen molar-refractivity contribution in [1.82, 2.24) is 24.6 Å². The van der Waals surface area contributed by atoms with Crippen LogP contribution in [0.4, 0.5) is 0 Å². The van der Waals surface area contributed by atoms with Gasteiger partial charge in [0, 0.05) is 36.5 Å². The lowest BCUT2D eigenvalue weighted by Crippen LogP contribution is -2.35. The van der Waals surface area contributed by atoms with Gasteiger partial charge < -0.3 is 9.72 Å². The van der Waals surface area contributed by atoms with Crippen LogP contribution in [-0.2, 0) is 13.0 Å². The number of nitrogens with one attached hydrogen (secondary N) is 1. The SMILES string of the molecule is CC[C@@H]1c2nc[nH]c2CCN1Cc1cnn(-c2ccc(OC)cc2)c1C. The maximum atomic E-state index is 5.24. The standard InChI is InChI=1S/C20H25N5O/c1-4-19-20-18(21-13-22-20)9-10-24(19)12-15-11-23-25(14(15)2)16-5-7-17(26-3)8-6-16/h5-8,11,13,19H,4,9-10,12H2,1-3H3,(H,21,22)/t19-/m1/s1. The van der Waals surface area contributed by atoms with E-state index < -0.39 is 0 Å². The number of aromatic amines is 1. The number of rotatable bonds is 5. The molecule has 1 aliphatic heterocycles. The molecule has 0 spiro atoms. The lowest BCUT2D eigenvalue weighted by Gasteiger charge is -2.34. The number of ether oxygens (including phenoxy) is 1. The van der Waals surface area contributed by atoms with Crippen molar-refractivity contribution in [2.75, 3.05) is 13.7 Å². The van der Waals surface area contributed by atoms with Gasteiger partial charge in [-0.05, 0) is 37.6 Å². The van der Waals surface area contributed by atoms with Crippen molar-refractivity contribution in [3.8, 4) is 11.4 Å². The highest BCUT2D eigenvalue weighted by Crippen LogP contribution is 2.31. The van der Waals surface area contributed by atoms with E-state index in [-0.39, 0.29) is 0 Å². The molecule has 3 aromatic rings. The number of methoxy groups -OCH3 is 1. The fourth-order valence-electron chi connectivity index (χ4n) is 3.85. The lowest BCUT2D eigenvalue weighted by atomic mass is 10.00. The molecule has 0 unspecified atom stereocenters. The molecule has 0 bridgehead atoms. The average Bonchev–Trinajstić information content (AvgIpc) is 3.29. The zero-order valence-electron chi connectivity index (χ0n) is 15.6. The van der Waals surface area contributed by atoms with Gasteiger partial charge in [-0.1, -0.05) is 6.92 Å². The van der Waals surface area contributed by atoms with Crippen LogP contribution < -0.4 is 4.74 Å². The van der Waals surface area contributed by atoms with Gasteiger partial charge in [-0.15, -0.1) is 0 Å². The van der Waals surface area contributed by atoms with E-state index in [1.54, 1.807) is 7.11 Å². The number of H-pyrrole nitrogens is 1. The maximum absolute atomic E-state index is 5.24. The number of fused-ring (bicyclic) bond motifs is 1. The molecule has 1 aromatic carbocycles. The number of hydrogen-bond acceptors (Lipinski definition) is 4. The average molecular weight is 351 g/mol. The van der Waals surface area contributed by atoms with Crippen LogP contribution in [-0.4, -0.2) is 38.3 Å². The van der Waals surface area contributed by atoms with Gasteiger partial charge >= 0.3 is 0 Å². The normalized spacial score (nSPS) is 17.3. The second kappa shape index (κ2) is 6.96. The van der Waals surface area contributed by atoms with E-state index in [1.165, 1.54) is 22.6 Å². The highest BCUT2D eigenvalue weighted by molar-refractivity contribution is 5.39. The second-order valence-corrected chi connectivity index (χ2v) is 6.78. The Morgan fingerprint density at radius 2 is 2.08 bits per heavy atom. The summed E-state index contributed by atoms with van der Waals surface area (Å²) in [4.78, 5) is 10.4. The number of aromatic nitrogens is 4. The van der Waals surface area contributed by atoms with Crippen molar-refractivity contribution in [3.05, 3.63) is 59.4 Å². The summed E-state index contributed by atoms with van der Waals surface area (Å²) in [7, 11) is 1.68. The predicted octanol–water partition coefficient (Wildman–Crippen LogP) is 3.42. The zero-order chi connectivity index (χ0) is 18.1. The minimum atomic E-state index is 0.369. The minimum Gasteiger partial charge on any atom is -0.497 e. The molecule has 0 fully saturated rings. The second-order valence-electron chi connectivity index (χ2n) is 6.78. The van der Waals surface area contributed by atoms with Crippen molar-refractivity contribution in [2.45, 2.75) is 39.3 Å². The minimum absolute atomic E-state index is 0.369. The van der Waals surface area contributed by atoms with Crippen molar-refractivity contribution < 1.29 is 4.74 Å². The molecule has 26 heavy (non-hydrogen) atoms. The third kappa shape index (κ3) is 2.90. The van der Waals surface area contributed by atoms with Gasteiger partial charge in [-0.25, -0.2) is 9.67 Å². The summed E-state index contributed by atoms with van der Waals surface area (Å²) >= 11 is 0. The van der Waals surface area contributed by atoms with Gasteiger partial charge in [0.05, 0.1) is 37.1 Å². The summed E-state index contributed by atoms with van der Waals surface area (Å²) in [6.07, 6.45) is 5.90. The molecule has 1 atom stereocenters. The van der Waals surface area contributed by atoms with Crippen LogP contribution in [0.3, 0.4) is 0 Å². The van der Waals surface area contributed by atoms with Crippen molar-refractivity contribution >= 4 is 0 Å². The van der Waals surface area contributed by atoms with Crippen molar-refractivity contribution in [3.63, 3.8) is 0 Å². The Morgan fingerprint density at radius 3 is 2.81 bits per heavy atom. The molecule has 0 radical (unpaired) electrons. The highest BCUT2D eigenvalue weighted by Gasteiger charge is 2.28. The first-order valence-corrected chi connectivity index (χ1v) is 9.15. The number of benzene rings is 1. The molecule has 0 amide bonds. The fourth-order valence-corrected chi connectivity index (χ4v) is 3.85. The van der Waals surface area contributed by atoms with Crippen LogP contribution in [0.1, 0.15) is 42.0 Å². The Kier molecular flexibility index (Phi) is 4.51. The predicted molar refractivity (Wildman–Crippen MR) is 101 cm³/mol. The molecule has 6 nitrogen and oxygen atoms in total. The highest BCUT2D eigenvalue weighted by atomic mass is 16.5. The summed E-state index contributed by atoms with van der Waals surface area (Å²) < 4.78 is 7.24. The first-order valence-electron chi connectivity index (χ1n) is 9.15. The Bertz CT molecular complexity index is 880. The Labute approximate surface area is 153 Å². The summed E-state index contributed by atoms with van der Waals surface area (Å²) in [6, 6.07) is 8.37. The molecule has 2 aromatic heterocycles. The van der Waals surface area contributed by atoms with E-state index in [1.807, 2.05) is 41.5 Å². The quantitative estimate of drug-likeness (QED) is 0.765. The molecule has 0 saturated heterocycles. The first kappa shape index (κ1) is 16.8. The number of hydrogen-bond donors (Lipinski definition) is 1. The van der Waals surface area contributed by atoms with Crippen LogP contribution in [0.2, 0.25) is 0 Å². The van der Waals surface area contributed by atoms with E-state index in [9.17, 15) is 0 Å². The van der Waals surface area contributed by atoms with Crippen molar-refractivity contribution in [2.24, 2.45) is 0 Å². The van der Waals surface area contributed by atoms with Gasteiger partial charge in [0.25, 0.3) is 0 Å². The number of nitrogens with zero attached hydrogens (tertiary/aromatic N) is 4. The summed E-state index contributed by atoms with van der Waals surface area (Å²) in [5.41, 5.74) is 5.99. The maximum Gasteiger partial charge on any atom is 0.119 e.